The molecule has 0 saturated heterocycles. The van der Waals surface area contributed by atoms with Gasteiger partial charge >= 0.3 is 0 Å². The number of hydrogen-bond donors (Lipinski definition) is 6. The highest BCUT2D eigenvalue weighted by Gasteiger charge is 2.40. The molecule has 1 saturated carbocycles. The predicted octanol–water partition coefficient (Wildman–Crippen LogP) is 3.94. The highest BCUT2D eigenvalue weighted by molar-refractivity contribution is 5.77. The van der Waals surface area contributed by atoms with Crippen LogP contribution in [0.3, 0.4) is 0 Å². The summed E-state index contributed by atoms with van der Waals surface area (Å²) in [4.78, 5) is 13.2. The largest absolute Gasteiger partial charge is 0.392 e. The normalized spacial score (nSPS) is 26.9. The van der Waals surface area contributed by atoms with E-state index < -0.39 is 48.1 Å². The predicted molar refractivity (Wildman–Crippen MR) is 155 cm³/mol. The highest BCUT2D eigenvalue weighted by Crippen LogP contribution is 2.41. The second-order valence-corrected chi connectivity index (χ2v) is 15.3. The van der Waals surface area contributed by atoms with E-state index in [-0.39, 0.29) is 48.0 Å². The zero-order chi connectivity index (χ0) is 30.4. The molecule has 0 aromatic rings. The maximum atomic E-state index is 13.2. The Morgan fingerprint density at radius 2 is 1.46 bits per heavy atom. The third-order valence-corrected chi connectivity index (χ3v) is 8.74. The molecule has 39 heavy (non-hydrogen) atoms. The van der Waals surface area contributed by atoms with Gasteiger partial charge in [0, 0.05) is 12.8 Å². The number of rotatable bonds is 15. The fourth-order valence-corrected chi connectivity index (χ4v) is 6.33. The van der Waals surface area contributed by atoms with Crippen molar-refractivity contribution >= 4 is 5.91 Å². The van der Waals surface area contributed by atoms with Gasteiger partial charge < -0.3 is 35.6 Å². The Kier molecular flexibility index (Phi) is 13.4. The van der Waals surface area contributed by atoms with Gasteiger partial charge in [0.2, 0.25) is 5.91 Å². The van der Waals surface area contributed by atoms with Crippen LogP contribution >= 0.6 is 0 Å². The molecule has 1 aliphatic rings. The first kappa shape index (κ1) is 36.3. The number of carbonyl (C=O) groups excluding carboxylic acids is 1. The lowest BCUT2D eigenvalue weighted by atomic mass is 9.69. The summed E-state index contributed by atoms with van der Waals surface area (Å²) in [6.07, 6.45) is -1.86. The molecule has 1 rings (SSSR count). The minimum absolute atomic E-state index is 0.00616. The van der Waals surface area contributed by atoms with Crippen LogP contribution in [-0.4, -0.2) is 80.7 Å². The Bertz CT molecular complexity index is 750. The molecule has 8 atom stereocenters. The quantitative estimate of drug-likeness (QED) is 0.179. The summed E-state index contributed by atoms with van der Waals surface area (Å²) in [6, 6.07) is -0.811. The Morgan fingerprint density at radius 1 is 0.872 bits per heavy atom. The minimum atomic E-state index is -1.31. The third-order valence-electron chi connectivity index (χ3n) is 8.74. The van der Waals surface area contributed by atoms with Crippen LogP contribution < -0.4 is 5.32 Å². The maximum Gasteiger partial charge on any atom is 0.220 e. The van der Waals surface area contributed by atoms with Crippen molar-refractivity contribution in [3.8, 4) is 0 Å². The number of aliphatic hydroxyl groups is 5. The summed E-state index contributed by atoms with van der Waals surface area (Å²) in [5.74, 6) is -0.207. The number of hydrogen-bond acceptors (Lipinski definition) is 7. The van der Waals surface area contributed by atoms with Crippen LogP contribution in [0, 0.1) is 21.7 Å². The molecule has 1 aliphatic carbocycles. The van der Waals surface area contributed by atoms with Crippen LogP contribution in [0.4, 0.5) is 0 Å². The molecular weight excluding hydrogens is 498 g/mol. The van der Waals surface area contributed by atoms with Crippen molar-refractivity contribution in [1.29, 1.82) is 0 Å². The molecule has 0 aromatic carbocycles. The lowest BCUT2D eigenvalue weighted by Crippen LogP contribution is -2.53. The summed E-state index contributed by atoms with van der Waals surface area (Å²) in [5.41, 5.74) is -0.584. The summed E-state index contributed by atoms with van der Waals surface area (Å²) >= 11 is 0. The lowest BCUT2D eigenvalue weighted by Gasteiger charge is -2.41. The van der Waals surface area contributed by atoms with Gasteiger partial charge in [-0.2, -0.15) is 0 Å². The second kappa shape index (κ2) is 14.4. The number of carbonyl (C=O) groups is 1. The standard InChI is InChI=1S/C31H61NO7/c1-11-29(6,7)19-30(8,9)16-25(36)32-20(17-39-23-14-13-21(33)26(37)27(23)38)22(34)15-24(35)31(10,12-2)18-28(3,4)5/h20-24,26-27,33-35,37-38H,11-19H2,1-10H3,(H,32,36). The fourth-order valence-electron chi connectivity index (χ4n) is 6.33. The fraction of sp³-hybridized carbons (Fsp3) is 0.968. The first-order chi connectivity index (χ1) is 17.6. The van der Waals surface area contributed by atoms with Gasteiger partial charge in [0.05, 0.1) is 37.1 Å². The molecule has 232 valence electrons. The molecule has 8 unspecified atom stereocenters. The Labute approximate surface area is 237 Å². The van der Waals surface area contributed by atoms with E-state index in [9.17, 15) is 30.3 Å². The monoisotopic (exact) mass is 559 g/mol. The van der Waals surface area contributed by atoms with Gasteiger partial charge in [-0.25, -0.2) is 0 Å². The van der Waals surface area contributed by atoms with Gasteiger partial charge in [0.25, 0.3) is 0 Å². The first-order valence-corrected chi connectivity index (χ1v) is 15.0. The topological polar surface area (TPSA) is 139 Å². The van der Waals surface area contributed by atoms with Crippen molar-refractivity contribution in [2.45, 2.75) is 163 Å². The molecule has 0 heterocycles. The van der Waals surface area contributed by atoms with E-state index in [1.165, 1.54) is 0 Å². The van der Waals surface area contributed by atoms with Gasteiger partial charge in [-0.1, -0.05) is 75.7 Å². The Morgan fingerprint density at radius 3 is 1.97 bits per heavy atom. The molecular formula is C31H61NO7. The Hall–Kier alpha value is -0.770. The summed E-state index contributed by atoms with van der Waals surface area (Å²) in [5, 5.41) is 55.8. The lowest BCUT2D eigenvalue weighted by molar-refractivity contribution is -0.159. The van der Waals surface area contributed by atoms with Crippen molar-refractivity contribution in [3.05, 3.63) is 0 Å². The molecule has 6 N–H and O–H groups in total. The average Bonchev–Trinajstić information content (AvgIpc) is 2.78. The average molecular weight is 560 g/mol. The van der Waals surface area contributed by atoms with E-state index in [0.29, 0.717) is 6.42 Å². The molecule has 0 aliphatic heterocycles. The van der Waals surface area contributed by atoms with E-state index in [1.807, 2.05) is 13.8 Å². The molecule has 1 fully saturated rings. The summed E-state index contributed by atoms with van der Waals surface area (Å²) in [6.45, 7) is 21.0. The Balaban J connectivity index is 3.04. The molecule has 0 radical (unpaired) electrons. The smallest absolute Gasteiger partial charge is 0.220 e. The van der Waals surface area contributed by atoms with Crippen LogP contribution in [-0.2, 0) is 9.53 Å². The minimum Gasteiger partial charge on any atom is -0.392 e. The zero-order valence-electron chi connectivity index (χ0n) is 26.5. The van der Waals surface area contributed by atoms with Crippen LogP contribution in [0.1, 0.15) is 121 Å². The zero-order valence-corrected chi connectivity index (χ0v) is 26.5. The molecule has 1 amide bonds. The van der Waals surface area contributed by atoms with Crippen molar-refractivity contribution in [2.75, 3.05) is 6.61 Å². The number of ether oxygens (including phenoxy) is 1. The number of aliphatic hydroxyl groups excluding tert-OH is 5. The summed E-state index contributed by atoms with van der Waals surface area (Å²) < 4.78 is 5.92. The van der Waals surface area contributed by atoms with Gasteiger partial charge in [-0.3, -0.25) is 4.79 Å². The van der Waals surface area contributed by atoms with Gasteiger partial charge in [-0.15, -0.1) is 0 Å². The van der Waals surface area contributed by atoms with Gasteiger partial charge in [-0.05, 0) is 53.8 Å². The van der Waals surface area contributed by atoms with E-state index in [0.717, 1.165) is 25.7 Å². The van der Waals surface area contributed by atoms with Crippen LogP contribution in [0.25, 0.3) is 0 Å². The maximum absolute atomic E-state index is 13.2. The van der Waals surface area contributed by atoms with Crippen LogP contribution in [0.5, 0.6) is 0 Å². The highest BCUT2D eigenvalue weighted by atomic mass is 16.5. The third kappa shape index (κ3) is 11.9. The van der Waals surface area contributed by atoms with Crippen molar-refractivity contribution < 1.29 is 35.1 Å². The van der Waals surface area contributed by atoms with E-state index in [4.69, 9.17) is 4.74 Å². The second-order valence-electron chi connectivity index (χ2n) is 15.3. The van der Waals surface area contributed by atoms with E-state index in [2.05, 4.69) is 60.7 Å². The molecule has 8 heteroatoms. The molecule has 0 aromatic heterocycles. The first-order valence-electron chi connectivity index (χ1n) is 15.0. The molecule has 8 nitrogen and oxygen atoms in total. The number of amides is 1. The van der Waals surface area contributed by atoms with Crippen LogP contribution in [0.2, 0.25) is 0 Å². The van der Waals surface area contributed by atoms with Gasteiger partial charge in [0.1, 0.15) is 12.2 Å². The van der Waals surface area contributed by atoms with E-state index in [1.54, 1.807) is 0 Å². The summed E-state index contributed by atoms with van der Waals surface area (Å²) in [7, 11) is 0. The van der Waals surface area contributed by atoms with E-state index >= 15 is 0 Å². The van der Waals surface area contributed by atoms with Gasteiger partial charge in [0.15, 0.2) is 0 Å². The van der Waals surface area contributed by atoms with Crippen molar-refractivity contribution in [2.24, 2.45) is 21.7 Å². The van der Waals surface area contributed by atoms with Crippen LogP contribution in [0.15, 0.2) is 0 Å². The molecule has 0 spiro atoms. The van der Waals surface area contributed by atoms with Crippen molar-refractivity contribution in [3.63, 3.8) is 0 Å². The SMILES string of the molecule is CCC(C)(C)CC(C)(C)CC(=O)NC(COC1CCC(O)C(O)C1O)C(O)CC(O)C(C)(CC)CC(C)(C)C. The molecule has 0 bridgehead atoms. The number of nitrogens with one attached hydrogen (secondary N) is 1. The van der Waals surface area contributed by atoms with Crippen molar-refractivity contribution in [1.82, 2.24) is 5.32 Å².